The average Bonchev–Trinajstić information content (AvgIpc) is 2.62. The van der Waals surface area contributed by atoms with Crippen LogP contribution in [-0.2, 0) is 14.9 Å². The summed E-state index contributed by atoms with van der Waals surface area (Å²) in [6, 6.07) is 12.1. The van der Waals surface area contributed by atoms with Crippen molar-refractivity contribution in [1.82, 2.24) is 0 Å². The molecule has 0 saturated carbocycles. The number of halogens is 4. The minimum absolute atomic E-state index is 0.0137. The van der Waals surface area contributed by atoms with Crippen LogP contribution in [0, 0.1) is 0 Å². The third-order valence-electron chi connectivity index (χ3n) is 4.36. The van der Waals surface area contributed by atoms with Crippen LogP contribution in [0.1, 0.15) is 16.7 Å². The Morgan fingerprint density at radius 2 is 1.41 bits per heavy atom. The van der Waals surface area contributed by atoms with E-state index in [1.54, 1.807) is 6.07 Å². The molecule has 3 aromatic carbocycles. The predicted octanol–water partition coefficient (Wildman–Crippen LogP) is 5.89. The molecule has 3 rings (SSSR count). The minimum atomic E-state index is -5.11. The fourth-order valence-corrected chi connectivity index (χ4v) is 5.59. The van der Waals surface area contributed by atoms with Crippen molar-refractivity contribution in [2.75, 3.05) is 0 Å². The first-order chi connectivity index (χ1) is 13.5. The Labute approximate surface area is 186 Å². The lowest BCUT2D eigenvalue weighted by molar-refractivity contribution is 0.439. The van der Waals surface area contributed by atoms with Gasteiger partial charge in [0, 0.05) is 10.6 Å². The second-order valence-corrected chi connectivity index (χ2v) is 9.29. The van der Waals surface area contributed by atoms with Crippen molar-refractivity contribution in [1.29, 1.82) is 0 Å². The number of benzene rings is 3. The maximum atomic E-state index is 13.0. The van der Waals surface area contributed by atoms with E-state index in [-0.39, 0.29) is 37.0 Å². The zero-order chi connectivity index (χ0) is 21.6. The van der Waals surface area contributed by atoms with Crippen molar-refractivity contribution in [3.63, 3.8) is 0 Å². The van der Waals surface area contributed by atoms with Gasteiger partial charge < -0.3 is 10.2 Å². The highest BCUT2D eigenvalue weighted by molar-refractivity contribution is 7.87. The van der Waals surface area contributed by atoms with E-state index in [4.69, 9.17) is 46.4 Å². The number of phenols is 2. The Morgan fingerprint density at radius 1 is 0.793 bits per heavy atom. The standard InChI is InChI=1S/C19H12Cl4O5S/c20-12-6-11(7-13(24)8-12)19(29(26,27)28,10-4-2-1-3-5-10)16-14(21)9-15(22)17(23)18(16)25/h1-9,24-25H,(H,26,27,28). The van der Waals surface area contributed by atoms with Crippen molar-refractivity contribution in [3.8, 4) is 11.5 Å². The summed E-state index contributed by atoms with van der Waals surface area (Å²) >= 11 is 24.3. The van der Waals surface area contributed by atoms with Crippen LogP contribution in [0.3, 0.4) is 0 Å². The molecule has 0 aliphatic heterocycles. The molecular formula is C19H12Cl4O5S. The van der Waals surface area contributed by atoms with Crippen molar-refractivity contribution in [2.24, 2.45) is 0 Å². The zero-order valence-corrected chi connectivity index (χ0v) is 18.1. The summed E-state index contributed by atoms with van der Waals surface area (Å²) in [6.45, 7) is 0. The van der Waals surface area contributed by atoms with Crippen LogP contribution in [-0.4, -0.2) is 23.2 Å². The molecule has 0 bridgehead atoms. The number of hydrogen-bond acceptors (Lipinski definition) is 4. The number of hydrogen-bond donors (Lipinski definition) is 3. The number of aromatic hydroxyl groups is 2. The van der Waals surface area contributed by atoms with E-state index < -0.39 is 26.2 Å². The van der Waals surface area contributed by atoms with Crippen LogP contribution in [0.5, 0.6) is 11.5 Å². The number of phenolic OH excluding ortho intramolecular Hbond substituents is 2. The SMILES string of the molecule is O=S(=O)(O)C(c1ccccc1)(c1cc(O)cc(Cl)c1)c1c(Cl)cc(Cl)c(Cl)c1O. The van der Waals surface area contributed by atoms with Gasteiger partial charge in [0.25, 0.3) is 10.1 Å². The summed E-state index contributed by atoms with van der Waals surface area (Å²) in [6.07, 6.45) is 0. The van der Waals surface area contributed by atoms with Gasteiger partial charge in [-0.15, -0.1) is 0 Å². The van der Waals surface area contributed by atoms with Gasteiger partial charge in [0.2, 0.25) is 0 Å². The molecule has 0 spiro atoms. The van der Waals surface area contributed by atoms with Crippen LogP contribution in [0.15, 0.2) is 54.6 Å². The van der Waals surface area contributed by atoms with Crippen LogP contribution < -0.4 is 0 Å². The Bertz CT molecular complexity index is 1180. The molecule has 3 N–H and O–H groups in total. The summed E-state index contributed by atoms with van der Waals surface area (Å²) in [5.41, 5.74) is -0.601. The number of rotatable bonds is 4. The van der Waals surface area contributed by atoms with E-state index in [2.05, 4.69) is 0 Å². The maximum Gasteiger partial charge on any atom is 0.283 e. The Balaban J connectivity index is 2.65. The molecule has 0 aliphatic carbocycles. The minimum Gasteiger partial charge on any atom is -0.508 e. The molecular weight excluding hydrogens is 482 g/mol. The molecule has 0 radical (unpaired) electrons. The summed E-state index contributed by atoms with van der Waals surface area (Å²) in [5.74, 6) is -1.11. The Kier molecular flexibility index (Phi) is 5.98. The lowest BCUT2D eigenvalue weighted by Crippen LogP contribution is -2.38. The fourth-order valence-electron chi connectivity index (χ4n) is 3.25. The van der Waals surface area contributed by atoms with Crippen LogP contribution in [0.2, 0.25) is 20.1 Å². The summed E-state index contributed by atoms with van der Waals surface area (Å²) in [4.78, 5) is 0. The third-order valence-corrected chi connectivity index (χ3v) is 7.10. The van der Waals surface area contributed by atoms with E-state index >= 15 is 0 Å². The monoisotopic (exact) mass is 492 g/mol. The largest absolute Gasteiger partial charge is 0.508 e. The first kappa shape index (κ1) is 22.0. The van der Waals surface area contributed by atoms with Gasteiger partial charge in [-0.3, -0.25) is 4.55 Å². The molecule has 152 valence electrons. The van der Waals surface area contributed by atoms with Crippen molar-refractivity contribution < 1.29 is 23.2 Å². The zero-order valence-electron chi connectivity index (χ0n) is 14.3. The molecule has 29 heavy (non-hydrogen) atoms. The normalized spacial score (nSPS) is 13.8. The van der Waals surface area contributed by atoms with E-state index in [0.29, 0.717) is 0 Å². The Hall–Kier alpha value is -1.67. The van der Waals surface area contributed by atoms with E-state index in [1.165, 1.54) is 36.4 Å². The van der Waals surface area contributed by atoms with Gasteiger partial charge in [0.15, 0.2) is 4.75 Å². The lowest BCUT2D eigenvalue weighted by Gasteiger charge is -2.34. The Morgan fingerprint density at radius 3 is 1.97 bits per heavy atom. The van der Waals surface area contributed by atoms with Crippen molar-refractivity contribution >= 4 is 56.5 Å². The topological polar surface area (TPSA) is 94.8 Å². The molecule has 10 heteroatoms. The van der Waals surface area contributed by atoms with Crippen molar-refractivity contribution in [2.45, 2.75) is 4.75 Å². The molecule has 1 unspecified atom stereocenters. The molecule has 1 atom stereocenters. The lowest BCUT2D eigenvalue weighted by atomic mass is 9.83. The van der Waals surface area contributed by atoms with Gasteiger partial charge in [-0.2, -0.15) is 8.42 Å². The molecule has 0 aliphatic rings. The average molecular weight is 494 g/mol. The van der Waals surface area contributed by atoms with Crippen LogP contribution in [0.4, 0.5) is 0 Å². The van der Waals surface area contributed by atoms with E-state index in [1.807, 2.05) is 0 Å². The highest BCUT2D eigenvalue weighted by Crippen LogP contribution is 2.53. The second-order valence-electron chi connectivity index (χ2n) is 6.10. The summed E-state index contributed by atoms with van der Waals surface area (Å²) < 4.78 is 33.9. The maximum absolute atomic E-state index is 13.0. The summed E-state index contributed by atoms with van der Waals surface area (Å²) in [5, 5.41) is 20.0. The molecule has 0 saturated heterocycles. The van der Waals surface area contributed by atoms with Gasteiger partial charge >= 0.3 is 0 Å². The predicted molar refractivity (Wildman–Crippen MR) is 114 cm³/mol. The van der Waals surface area contributed by atoms with Crippen LogP contribution >= 0.6 is 46.4 Å². The van der Waals surface area contributed by atoms with Crippen LogP contribution in [0.25, 0.3) is 0 Å². The van der Waals surface area contributed by atoms with Gasteiger partial charge in [-0.05, 0) is 35.4 Å². The smallest absolute Gasteiger partial charge is 0.283 e. The highest BCUT2D eigenvalue weighted by Gasteiger charge is 2.52. The van der Waals surface area contributed by atoms with Gasteiger partial charge in [0.05, 0.1) is 10.0 Å². The molecule has 5 nitrogen and oxygen atoms in total. The first-order valence-corrected chi connectivity index (χ1v) is 10.8. The molecule has 0 aromatic heterocycles. The first-order valence-electron chi connectivity index (χ1n) is 7.89. The van der Waals surface area contributed by atoms with Gasteiger partial charge in [0.1, 0.15) is 16.5 Å². The summed E-state index contributed by atoms with van der Waals surface area (Å²) in [7, 11) is -5.11. The quantitative estimate of drug-likeness (QED) is 0.239. The molecule has 0 heterocycles. The fraction of sp³-hybridized carbons (Fsp3) is 0.0526. The van der Waals surface area contributed by atoms with Gasteiger partial charge in [-0.1, -0.05) is 76.7 Å². The van der Waals surface area contributed by atoms with E-state index in [9.17, 15) is 23.2 Å². The molecule has 0 fully saturated rings. The molecule has 0 amide bonds. The third kappa shape index (κ3) is 3.65. The van der Waals surface area contributed by atoms with Crippen molar-refractivity contribution in [3.05, 3.63) is 91.4 Å². The van der Waals surface area contributed by atoms with E-state index in [0.717, 1.165) is 12.1 Å². The van der Waals surface area contributed by atoms with Gasteiger partial charge in [-0.25, -0.2) is 0 Å². The molecule has 3 aromatic rings. The highest BCUT2D eigenvalue weighted by atomic mass is 35.5. The second kappa shape index (κ2) is 7.87.